The molecule has 1 aromatic heterocycles. The number of benzene rings is 1. The average Bonchev–Trinajstić information content (AvgIpc) is 3.29. The third-order valence-electron chi connectivity index (χ3n) is 3.86. The molecule has 24 heavy (non-hydrogen) atoms. The van der Waals surface area contributed by atoms with Crippen molar-refractivity contribution in [2.45, 2.75) is 29.9 Å². The monoisotopic (exact) mass is 360 g/mol. The maximum atomic E-state index is 12.5. The number of thioether (sulfide) groups is 1. The fraction of sp³-hybridized carbons (Fsp3) is 0.294. The molecule has 1 saturated carbocycles. The Hall–Kier alpha value is -1.99. The summed E-state index contributed by atoms with van der Waals surface area (Å²) in [5.74, 6) is 0.933. The van der Waals surface area contributed by atoms with Gasteiger partial charge in [-0.1, -0.05) is 12.1 Å². The molecule has 1 atom stereocenters. The van der Waals surface area contributed by atoms with E-state index in [9.17, 15) is 9.59 Å². The van der Waals surface area contributed by atoms with Gasteiger partial charge in [-0.15, -0.1) is 23.1 Å². The van der Waals surface area contributed by atoms with Gasteiger partial charge in [0, 0.05) is 16.7 Å². The first-order valence-electron chi connectivity index (χ1n) is 7.78. The van der Waals surface area contributed by atoms with Crippen molar-refractivity contribution < 1.29 is 14.3 Å². The molecular formula is C17H16N2O3S2. The topological polar surface area (TPSA) is 67.4 Å². The van der Waals surface area contributed by atoms with Crippen LogP contribution < -0.4 is 15.4 Å². The maximum absolute atomic E-state index is 12.5. The Morgan fingerprint density at radius 3 is 2.83 bits per heavy atom. The van der Waals surface area contributed by atoms with Gasteiger partial charge >= 0.3 is 0 Å². The zero-order valence-corrected chi connectivity index (χ0v) is 14.4. The lowest BCUT2D eigenvalue weighted by Crippen LogP contribution is -2.37. The second kappa shape index (κ2) is 6.49. The molecule has 1 aliphatic heterocycles. The van der Waals surface area contributed by atoms with Crippen molar-refractivity contribution in [3.8, 4) is 5.75 Å². The van der Waals surface area contributed by atoms with E-state index in [2.05, 4.69) is 10.6 Å². The van der Waals surface area contributed by atoms with Crippen molar-refractivity contribution in [3.63, 3.8) is 0 Å². The van der Waals surface area contributed by atoms with Crippen LogP contribution in [0.5, 0.6) is 5.75 Å². The summed E-state index contributed by atoms with van der Waals surface area (Å²) < 4.78 is 5.79. The van der Waals surface area contributed by atoms with E-state index < -0.39 is 6.10 Å². The molecule has 1 aliphatic carbocycles. The second-order valence-corrected chi connectivity index (χ2v) is 7.74. The normalized spacial score (nSPS) is 19.1. The second-order valence-electron chi connectivity index (χ2n) is 5.76. The van der Waals surface area contributed by atoms with Gasteiger partial charge in [0.1, 0.15) is 10.8 Å². The number of amides is 2. The number of hydrogen-bond acceptors (Lipinski definition) is 5. The van der Waals surface area contributed by atoms with Crippen LogP contribution in [0.15, 0.2) is 40.6 Å². The molecule has 5 nitrogen and oxygen atoms in total. The van der Waals surface area contributed by atoms with E-state index in [0.717, 1.165) is 23.5 Å². The van der Waals surface area contributed by atoms with Gasteiger partial charge < -0.3 is 15.4 Å². The van der Waals surface area contributed by atoms with Crippen LogP contribution in [0.4, 0.5) is 5.00 Å². The summed E-state index contributed by atoms with van der Waals surface area (Å²) in [6, 6.07) is 9.71. The summed E-state index contributed by atoms with van der Waals surface area (Å²) >= 11 is 2.95. The number of carbonyl (C=O) groups is 2. The van der Waals surface area contributed by atoms with Gasteiger partial charge in [-0.3, -0.25) is 9.59 Å². The number of carbonyl (C=O) groups excluding carboxylic acids is 2. The number of thiophene rings is 1. The summed E-state index contributed by atoms with van der Waals surface area (Å²) in [5, 5.41) is 8.17. The summed E-state index contributed by atoms with van der Waals surface area (Å²) in [6.07, 6.45) is 1.50. The molecular weight excluding hydrogens is 344 g/mol. The first-order valence-corrected chi connectivity index (χ1v) is 9.65. The molecule has 0 radical (unpaired) electrons. The van der Waals surface area contributed by atoms with Crippen molar-refractivity contribution in [1.82, 2.24) is 5.32 Å². The Balaban J connectivity index is 1.43. The fourth-order valence-electron chi connectivity index (χ4n) is 2.42. The summed E-state index contributed by atoms with van der Waals surface area (Å²) in [4.78, 5) is 25.8. The van der Waals surface area contributed by atoms with Crippen molar-refractivity contribution in [1.29, 1.82) is 0 Å². The van der Waals surface area contributed by atoms with Crippen molar-refractivity contribution >= 4 is 39.9 Å². The Bertz CT molecular complexity index is 786. The maximum Gasteiger partial charge on any atom is 0.266 e. The van der Waals surface area contributed by atoms with E-state index >= 15 is 0 Å². The molecule has 2 N–H and O–H groups in total. The van der Waals surface area contributed by atoms with E-state index in [0.29, 0.717) is 16.3 Å². The highest BCUT2D eigenvalue weighted by molar-refractivity contribution is 7.99. The summed E-state index contributed by atoms with van der Waals surface area (Å²) in [6.45, 7) is 0. The molecule has 0 saturated heterocycles. The van der Waals surface area contributed by atoms with Crippen molar-refractivity contribution in [2.75, 3.05) is 11.1 Å². The third kappa shape index (κ3) is 3.27. The lowest BCUT2D eigenvalue weighted by Gasteiger charge is -2.24. The van der Waals surface area contributed by atoms with Gasteiger partial charge in [0.05, 0.1) is 5.56 Å². The van der Waals surface area contributed by atoms with Crippen molar-refractivity contribution in [3.05, 3.63) is 41.3 Å². The molecule has 0 unspecified atom stereocenters. The molecule has 7 heteroatoms. The van der Waals surface area contributed by atoms with Crippen LogP contribution in [0.2, 0.25) is 0 Å². The largest absolute Gasteiger partial charge is 0.479 e. The lowest BCUT2D eigenvalue weighted by molar-refractivity contribution is -0.122. The highest BCUT2D eigenvalue weighted by Gasteiger charge is 2.29. The molecule has 0 spiro atoms. The van der Waals surface area contributed by atoms with E-state index in [1.807, 2.05) is 29.6 Å². The van der Waals surface area contributed by atoms with Crippen LogP contribution in [0.1, 0.15) is 23.2 Å². The summed E-state index contributed by atoms with van der Waals surface area (Å²) in [5.41, 5.74) is 0.518. The van der Waals surface area contributed by atoms with Crippen molar-refractivity contribution in [2.24, 2.45) is 0 Å². The minimum absolute atomic E-state index is 0.127. The molecule has 124 valence electrons. The van der Waals surface area contributed by atoms with Gasteiger partial charge in [-0.25, -0.2) is 0 Å². The molecule has 1 fully saturated rings. The van der Waals surface area contributed by atoms with Gasteiger partial charge in [0.25, 0.3) is 11.8 Å². The molecule has 1 aromatic carbocycles. The molecule has 2 aliphatic rings. The first-order chi connectivity index (χ1) is 11.7. The van der Waals surface area contributed by atoms with Crippen LogP contribution in [0, 0.1) is 0 Å². The molecule has 2 aromatic rings. The number of anilines is 1. The number of nitrogens with one attached hydrogen (secondary N) is 2. The Kier molecular flexibility index (Phi) is 4.20. The smallest absolute Gasteiger partial charge is 0.266 e. The van der Waals surface area contributed by atoms with E-state index in [1.54, 1.807) is 17.8 Å². The molecule has 2 heterocycles. The predicted molar refractivity (Wildman–Crippen MR) is 95.0 cm³/mol. The van der Waals surface area contributed by atoms with Gasteiger partial charge in [-0.05, 0) is 36.4 Å². The number of fused-ring (bicyclic) bond motifs is 1. The minimum Gasteiger partial charge on any atom is -0.479 e. The lowest BCUT2D eigenvalue weighted by atomic mass is 10.2. The number of ether oxygens (including phenoxy) is 1. The predicted octanol–water partition coefficient (Wildman–Crippen LogP) is 3.13. The van der Waals surface area contributed by atoms with Gasteiger partial charge in [0.15, 0.2) is 6.10 Å². The van der Waals surface area contributed by atoms with Crippen LogP contribution >= 0.6 is 23.1 Å². The summed E-state index contributed by atoms with van der Waals surface area (Å²) in [7, 11) is 0. The average molecular weight is 360 g/mol. The molecule has 2 amide bonds. The first kappa shape index (κ1) is 15.5. The van der Waals surface area contributed by atoms with Crippen LogP contribution in [-0.2, 0) is 4.79 Å². The molecule has 4 rings (SSSR count). The molecule has 0 bridgehead atoms. The third-order valence-corrected chi connectivity index (χ3v) is 5.81. The fourth-order valence-corrected chi connectivity index (χ4v) is 4.19. The Morgan fingerprint density at radius 1 is 1.17 bits per heavy atom. The zero-order valence-electron chi connectivity index (χ0n) is 12.8. The highest BCUT2D eigenvalue weighted by atomic mass is 32.2. The number of rotatable bonds is 4. The standard InChI is InChI=1S/C17H16N2O3S2/c20-15(18-10-5-6-10)11-7-8-23-17(11)19-16(21)13-9-24-14-4-2-1-3-12(14)22-13/h1-4,7-8,10,13H,5-6,9H2,(H,18,20)(H,19,21)/t13-/m0/s1. The van der Waals surface area contributed by atoms with Gasteiger partial charge in [-0.2, -0.15) is 0 Å². The number of hydrogen-bond donors (Lipinski definition) is 2. The minimum atomic E-state index is -0.564. The van der Waals surface area contributed by atoms with E-state index in [1.165, 1.54) is 11.3 Å². The quantitative estimate of drug-likeness (QED) is 0.879. The van der Waals surface area contributed by atoms with Crippen LogP contribution in [0.3, 0.4) is 0 Å². The van der Waals surface area contributed by atoms with E-state index in [4.69, 9.17) is 4.74 Å². The SMILES string of the molecule is O=C(NC1CC1)c1ccsc1NC(=O)[C@@H]1CSc2ccccc2O1. The zero-order chi connectivity index (χ0) is 16.5. The van der Waals surface area contributed by atoms with E-state index in [-0.39, 0.29) is 17.9 Å². The van der Waals surface area contributed by atoms with Gasteiger partial charge in [0.2, 0.25) is 0 Å². The Labute approximate surface area is 147 Å². The highest BCUT2D eigenvalue weighted by Crippen LogP contribution is 2.35. The van der Waals surface area contributed by atoms with Crippen LogP contribution in [-0.4, -0.2) is 29.7 Å². The number of para-hydroxylation sites is 1. The Morgan fingerprint density at radius 2 is 2.00 bits per heavy atom. The van der Waals surface area contributed by atoms with Crippen LogP contribution in [0.25, 0.3) is 0 Å².